The number of pyridine rings is 1. The van der Waals surface area contributed by atoms with Crippen molar-refractivity contribution in [2.75, 3.05) is 11.4 Å². The monoisotopic (exact) mass is 349 g/mol. The van der Waals surface area contributed by atoms with Gasteiger partial charge in [0.25, 0.3) is 5.91 Å². The van der Waals surface area contributed by atoms with E-state index in [4.69, 9.17) is 5.11 Å². The summed E-state index contributed by atoms with van der Waals surface area (Å²) in [7, 11) is 0. The van der Waals surface area contributed by atoms with Gasteiger partial charge in [0.2, 0.25) is 0 Å². The molecule has 2 aromatic heterocycles. The van der Waals surface area contributed by atoms with Crippen molar-refractivity contribution in [3.63, 3.8) is 0 Å². The number of benzene rings is 1. The molecule has 1 atom stereocenters. The van der Waals surface area contributed by atoms with Crippen LogP contribution in [0.5, 0.6) is 0 Å². The average molecular weight is 349 g/mol. The van der Waals surface area contributed by atoms with Gasteiger partial charge in [0, 0.05) is 24.8 Å². The normalized spacial score (nSPS) is 16.5. The van der Waals surface area contributed by atoms with Gasteiger partial charge in [0.05, 0.1) is 17.3 Å². The molecule has 0 radical (unpaired) electrons. The fraction of sp³-hybridized carbons (Fsp3) is 0.250. The smallest absolute Gasteiger partial charge is 0.303 e. The minimum Gasteiger partial charge on any atom is -0.481 e. The maximum absolute atomic E-state index is 13.3. The molecule has 0 saturated heterocycles. The molecule has 3 heterocycles. The molecule has 1 aromatic carbocycles. The first-order chi connectivity index (χ1) is 12.6. The van der Waals surface area contributed by atoms with Crippen LogP contribution in [-0.2, 0) is 11.2 Å². The molecular formula is C20H19N3O3. The third-order valence-corrected chi connectivity index (χ3v) is 4.91. The molecule has 0 saturated carbocycles. The minimum atomic E-state index is -0.800. The number of hydrogen-bond donors (Lipinski definition) is 1. The molecule has 1 aliphatic heterocycles. The van der Waals surface area contributed by atoms with E-state index in [0.717, 1.165) is 23.2 Å². The molecule has 1 aliphatic rings. The Labute approximate surface area is 150 Å². The Morgan fingerprint density at radius 1 is 1.15 bits per heavy atom. The summed E-state index contributed by atoms with van der Waals surface area (Å²) in [5.74, 6) is -0.746. The van der Waals surface area contributed by atoms with Crippen LogP contribution >= 0.6 is 0 Å². The Morgan fingerprint density at radius 3 is 2.85 bits per heavy atom. The molecule has 4 rings (SSSR count). The zero-order valence-corrected chi connectivity index (χ0v) is 14.2. The highest BCUT2D eigenvalue weighted by Crippen LogP contribution is 2.33. The number of para-hydroxylation sites is 1. The molecule has 0 bridgehead atoms. The van der Waals surface area contributed by atoms with Gasteiger partial charge in [0.1, 0.15) is 0 Å². The van der Waals surface area contributed by atoms with Gasteiger partial charge in [-0.1, -0.05) is 18.2 Å². The molecule has 0 aliphatic carbocycles. The zero-order chi connectivity index (χ0) is 18.1. The predicted octanol–water partition coefficient (Wildman–Crippen LogP) is 3.02. The number of carbonyl (C=O) groups is 2. The molecule has 6 nitrogen and oxygen atoms in total. The number of hydrogen-bond acceptors (Lipinski definition) is 3. The SMILES string of the molecule is O=C(O)CCC1Cc2ccccc2N(C(=O)c2cccn3nccc23)C1. The summed E-state index contributed by atoms with van der Waals surface area (Å²) >= 11 is 0. The second-order valence-corrected chi connectivity index (χ2v) is 6.63. The Morgan fingerprint density at radius 2 is 2.00 bits per heavy atom. The van der Waals surface area contributed by atoms with E-state index in [1.165, 1.54) is 0 Å². The van der Waals surface area contributed by atoms with Crippen molar-refractivity contribution in [1.29, 1.82) is 0 Å². The van der Waals surface area contributed by atoms with Crippen molar-refractivity contribution in [2.45, 2.75) is 19.3 Å². The van der Waals surface area contributed by atoms with Crippen LogP contribution in [0.3, 0.4) is 0 Å². The number of amides is 1. The summed E-state index contributed by atoms with van der Waals surface area (Å²) in [6.45, 7) is 0.526. The lowest BCUT2D eigenvalue weighted by atomic mass is 9.89. The number of fused-ring (bicyclic) bond motifs is 2. The largest absolute Gasteiger partial charge is 0.481 e. The first-order valence-corrected chi connectivity index (χ1v) is 8.67. The second-order valence-electron chi connectivity index (χ2n) is 6.63. The zero-order valence-electron chi connectivity index (χ0n) is 14.2. The van der Waals surface area contributed by atoms with Crippen molar-refractivity contribution in [1.82, 2.24) is 9.61 Å². The Hall–Kier alpha value is -3.15. The highest BCUT2D eigenvalue weighted by atomic mass is 16.4. The third kappa shape index (κ3) is 2.94. The Kier molecular flexibility index (Phi) is 4.16. The van der Waals surface area contributed by atoms with Crippen molar-refractivity contribution < 1.29 is 14.7 Å². The van der Waals surface area contributed by atoms with Gasteiger partial charge >= 0.3 is 5.97 Å². The number of carbonyl (C=O) groups excluding carboxylic acids is 1. The van der Waals surface area contributed by atoms with Gasteiger partial charge in [-0.3, -0.25) is 9.59 Å². The van der Waals surface area contributed by atoms with Gasteiger partial charge in [-0.05, 0) is 48.6 Å². The summed E-state index contributed by atoms with van der Waals surface area (Å²) in [6, 6.07) is 13.3. The van der Waals surface area contributed by atoms with E-state index in [0.29, 0.717) is 18.5 Å². The first kappa shape index (κ1) is 16.3. The molecule has 1 N–H and O–H groups in total. The predicted molar refractivity (Wildman–Crippen MR) is 97.4 cm³/mol. The van der Waals surface area contributed by atoms with E-state index in [9.17, 15) is 9.59 Å². The van der Waals surface area contributed by atoms with Crippen LogP contribution in [-0.4, -0.2) is 33.1 Å². The minimum absolute atomic E-state index is 0.0800. The summed E-state index contributed by atoms with van der Waals surface area (Å²) in [5, 5.41) is 13.2. The molecule has 6 heteroatoms. The molecule has 0 spiro atoms. The number of nitrogens with zero attached hydrogens (tertiary/aromatic N) is 3. The van der Waals surface area contributed by atoms with Crippen molar-refractivity contribution in [3.05, 3.63) is 66.0 Å². The Balaban J connectivity index is 1.70. The van der Waals surface area contributed by atoms with Gasteiger partial charge < -0.3 is 10.0 Å². The fourth-order valence-corrected chi connectivity index (χ4v) is 3.67. The molecule has 132 valence electrons. The molecule has 1 unspecified atom stereocenters. The van der Waals surface area contributed by atoms with Crippen LogP contribution in [0, 0.1) is 5.92 Å². The quantitative estimate of drug-likeness (QED) is 0.786. The summed E-state index contributed by atoms with van der Waals surface area (Å²) in [5.41, 5.74) is 3.36. The van der Waals surface area contributed by atoms with Crippen LogP contribution in [0.25, 0.3) is 5.52 Å². The van der Waals surface area contributed by atoms with E-state index in [1.807, 2.05) is 48.7 Å². The number of carboxylic acids is 1. The van der Waals surface area contributed by atoms with Crippen molar-refractivity contribution >= 4 is 23.1 Å². The van der Waals surface area contributed by atoms with E-state index in [1.54, 1.807) is 15.6 Å². The fourth-order valence-electron chi connectivity index (χ4n) is 3.67. The van der Waals surface area contributed by atoms with E-state index in [-0.39, 0.29) is 18.2 Å². The highest BCUT2D eigenvalue weighted by molar-refractivity contribution is 6.10. The summed E-state index contributed by atoms with van der Waals surface area (Å²) in [4.78, 5) is 26.1. The summed E-state index contributed by atoms with van der Waals surface area (Å²) in [6.07, 6.45) is 4.96. The second kappa shape index (κ2) is 6.63. The number of carboxylic acid groups (broad SMARTS) is 1. The maximum Gasteiger partial charge on any atom is 0.303 e. The Bertz CT molecular complexity index is 979. The highest BCUT2D eigenvalue weighted by Gasteiger charge is 2.30. The lowest BCUT2D eigenvalue weighted by Gasteiger charge is -2.34. The molecule has 3 aromatic rings. The van der Waals surface area contributed by atoms with Crippen LogP contribution < -0.4 is 4.90 Å². The number of aliphatic carboxylic acids is 1. The third-order valence-electron chi connectivity index (χ3n) is 4.91. The maximum atomic E-state index is 13.3. The number of rotatable bonds is 4. The number of aromatic nitrogens is 2. The first-order valence-electron chi connectivity index (χ1n) is 8.67. The standard InChI is InChI=1S/C20H19N3O3/c24-19(25)8-7-14-12-15-4-1-2-6-17(15)22(13-14)20(26)16-5-3-11-23-18(16)9-10-21-23/h1-6,9-11,14H,7-8,12-13H2,(H,24,25). The number of anilines is 1. The average Bonchev–Trinajstić information content (AvgIpc) is 3.14. The van der Waals surface area contributed by atoms with Gasteiger partial charge in [-0.15, -0.1) is 0 Å². The van der Waals surface area contributed by atoms with Crippen molar-refractivity contribution in [3.8, 4) is 0 Å². The summed E-state index contributed by atoms with van der Waals surface area (Å²) < 4.78 is 1.69. The lowest BCUT2D eigenvalue weighted by molar-refractivity contribution is -0.137. The van der Waals surface area contributed by atoms with Gasteiger partial charge in [-0.2, -0.15) is 5.10 Å². The van der Waals surface area contributed by atoms with E-state index < -0.39 is 5.97 Å². The molecule has 26 heavy (non-hydrogen) atoms. The lowest BCUT2D eigenvalue weighted by Crippen LogP contribution is -2.40. The molecule has 0 fully saturated rings. The van der Waals surface area contributed by atoms with Crippen LogP contribution in [0.1, 0.15) is 28.8 Å². The van der Waals surface area contributed by atoms with E-state index in [2.05, 4.69) is 5.10 Å². The van der Waals surface area contributed by atoms with Crippen LogP contribution in [0.4, 0.5) is 5.69 Å². The van der Waals surface area contributed by atoms with E-state index >= 15 is 0 Å². The molecule has 1 amide bonds. The van der Waals surface area contributed by atoms with Crippen LogP contribution in [0.15, 0.2) is 54.9 Å². The van der Waals surface area contributed by atoms with Crippen molar-refractivity contribution in [2.24, 2.45) is 5.92 Å². The van der Waals surface area contributed by atoms with Crippen LogP contribution in [0.2, 0.25) is 0 Å². The topological polar surface area (TPSA) is 74.9 Å². The van der Waals surface area contributed by atoms with Gasteiger partial charge in [0.15, 0.2) is 0 Å². The molecular weight excluding hydrogens is 330 g/mol. The van der Waals surface area contributed by atoms with Gasteiger partial charge in [-0.25, -0.2) is 4.52 Å².